The van der Waals surface area contributed by atoms with Crippen molar-refractivity contribution in [3.63, 3.8) is 0 Å². The molecule has 0 aliphatic rings. The first-order chi connectivity index (χ1) is 12.3. The maximum atomic E-state index is 5.64. The van der Waals surface area contributed by atoms with Gasteiger partial charge in [-0.05, 0) is 26.0 Å². The topological polar surface area (TPSA) is 87.1 Å². The molecule has 0 N–H and O–H groups in total. The molecule has 3 aromatic rings. The van der Waals surface area contributed by atoms with Crippen LogP contribution in [0.5, 0.6) is 5.75 Å². The van der Waals surface area contributed by atoms with Gasteiger partial charge in [0.1, 0.15) is 5.75 Å². The zero-order valence-corrected chi connectivity index (χ0v) is 16.3. The van der Waals surface area contributed by atoms with Gasteiger partial charge in [-0.25, -0.2) is 0 Å². The molecule has 7 nitrogen and oxygen atoms in total. The fourth-order valence-electron chi connectivity index (χ4n) is 2.03. The molecule has 0 saturated heterocycles. The first-order valence-electron chi connectivity index (χ1n) is 8.34. The van der Waals surface area contributed by atoms with Crippen LogP contribution in [-0.4, -0.2) is 20.3 Å². The molecule has 0 spiro atoms. The number of aryl methyl sites for hydroxylation is 1. The number of rotatable bonds is 6. The van der Waals surface area contributed by atoms with E-state index in [-0.39, 0.29) is 17.3 Å². The van der Waals surface area contributed by atoms with Gasteiger partial charge in [0.15, 0.2) is 12.4 Å². The second-order valence-corrected chi connectivity index (χ2v) is 8.32. The van der Waals surface area contributed by atoms with Crippen molar-refractivity contribution < 1.29 is 13.7 Å². The summed E-state index contributed by atoms with van der Waals surface area (Å²) in [5.41, 5.74) is 1.02. The van der Waals surface area contributed by atoms with Gasteiger partial charge in [0.05, 0.1) is 5.25 Å². The highest BCUT2D eigenvalue weighted by Crippen LogP contribution is 2.34. The molecule has 2 aromatic heterocycles. The zero-order valence-electron chi connectivity index (χ0n) is 15.5. The Labute approximate surface area is 156 Å². The van der Waals surface area contributed by atoms with Crippen molar-refractivity contribution in [3.8, 4) is 5.75 Å². The molecule has 3 rings (SSSR count). The van der Waals surface area contributed by atoms with Gasteiger partial charge in [-0.1, -0.05) is 55.4 Å². The number of hydrogen-bond donors (Lipinski definition) is 0. The van der Waals surface area contributed by atoms with E-state index < -0.39 is 0 Å². The van der Waals surface area contributed by atoms with Gasteiger partial charge in [-0.3, -0.25) is 0 Å². The Morgan fingerprint density at radius 2 is 1.88 bits per heavy atom. The minimum Gasteiger partial charge on any atom is -0.484 e. The highest BCUT2D eigenvalue weighted by atomic mass is 32.2. The second-order valence-electron chi connectivity index (χ2n) is 7.03. The summed E-state index contributed by atoms with van der Waals surface area (Å²) in [4.78, 5) is 4.45. The van der Waals surface area contributed by atoms with Crippen LogP contribution in [0.25, 0.3) is 0 Å². The molecule has 0 bridgehead atoms. The first-order valence-corrected chi connectivity index (χ1v) is 9.22. The quantitative estimate of drug-likeness (QED) is 0.583. The van der Waals surface area contributed by atoms with Crippen LogP contribution in [0.4, 0.5) is 0 Å². The van der Waals surface area contributed by atoms with Gasteiger partial charge in [0.2, 0.25) is 5.89 Å². The lowest BCUT2D eigenvalue weighted by Gasteiger charge is -2.11. The Hall–Kier alpha value is -2.35. The SMILES string of the molecule is Cc1ccc(OCc2nnc(SC(C)c3nc(C(C)(C)C)no3)o2)cc1. The van der Waals surface area contributed by atoms with E-state index in [0.717, 1.165) is 5.75 Å². The van der Waals surface area contributed by atoms with Gasteiger partial charge in [-0.15, -0.1) is 10.2 Å². The summed E-state index contributed by atoms with van der Waals surface area (Å²) in [6.45, 7) is 10.3. The smallest absolute Gasteiger partial charge is 0.277 e. The molecule has 1 aromatic carbocycles. The summed E-state index contributed by atoms with van der Waals surface area (Å²) in [6.07, 6.45) is 0. The van der Waals surface area contributed by atoms with E-state index in [1.54, 1.807) is 0 Å². The van der Waals surface area contributed by atoms with E-state index in [9.17, 15) is 0 Å². The molecule has 8 heteroatoms. The van der Waals surface area contributed by atoms with Crippen molar-refractivity contribution in [2.75, 3.05) is 0 Å². The normalized spacial score (nSPS) is 13.0. The highest BCUT2D eigenvalue weighted by molar-refractivity contribution is 7.99. The third-order valence-electron chi connectivity index (χ3n) is 3.57. The predicted molar refractivity (Wildman–Crippen MR) is 97.1 cm³/mol. The molecule has 0 amide bonds. The van der Waals surface area contributed by atoms with Crippen LogP contribution < -0.4 is 4.74 Å². The first kappa shape index (κ1) is 18.4. The number of hydrogen-bond acceptors (Lipinski definition) is 8. The minimum atomic E-state index is -0.156. The molecular formula is C18H22N4O3S. The molecule has 0 aliphatic heterocycles. The Morgan fingerprint density at radius 3 is 2.54 bits per heavy atom. The van der Waals surface area contributed by atoms with Crippen LogP contribution >= 0.6 is 11.8 Å². The molecule has 0 fully saturated rings. The average Bonchev–Trinajstić information content (AvgIpc) is 3.23. The molecule has 138 valence electrons. The van der Waals surface area contributed by atoms with Gasteiger partial charge in [0, 0.05) is 5.41 Å². The zero-order chi connectivity index (χ0) is 18.7. The Balaban J connectivity index is 1.57. The summed E-state index contributed by atoms with van der Waals surface area (Å²) < 4.78 is 16.6. The van der Waals surface area contributed by atoms with E-state index in [0.29, 0.717) is 22.8 Å². The third kappa shape index (κ3) is 4.63. The van der Waals surface area contributed by atoms with Crippen LogP contribution in [0.2, 0.25) is 0 Å². The molecule has 1 unspecified atom stereocenters. The van der Waals surface area contributed by atoms with Crippen LogP contribution in [0.3, 0.4) is 0 Å². The van der Waals surface area contributed by atoms with Crippen molar-refractivity contribution in [3.05, 3.63) is 47.4 Å². The van der Waals surface area contributed by atoms with E-state index in [2.05, 4.69) is 20.3 Å². The van der Waals surface area contributed by atoms with E-state index in [1.807, 2.05) is 58.9 Å². The lowest BCUT2D eigenvalue weighted by Crippen LogP contribution is -2.13. The molecule has 0 saturated carbocycles. The molecule has 26 heavy (non-hydrogen) atoms. The fraction of sp³-hybridized carbons (Fsp3) is 0.444. The van der Waals surface area contributed by atoms with Crippen LogP contribution in [0, 0.1) is 6.92 Å². The second kappa shape index (κ2) is 7.49. The summed E-state index contributed by atoms with van der Waals surface area (Å²) in [5, 5.41) is 12.4. The molecule has 0 aliphatic carbocycles. The molecule has 2 heterocycles. The Bertz CT molecular complexity index is 852. The van der Waals surface area contributed by atoms with Gasteiger partial charge in [-0.2, -0.15) is 4.98 Å². The van der Waals surface area contributed by atoms with Gasteiger partial charge in [0.25, 0.3) is 11.1 Å². The predicted octanol–water partition coefficient (Wildman–Crippen LogP) is 4.49. The molecule has 1 atom stereocenters. The third-order valence-corrected chi connectivity index (χ3v) is 4.49. The number of aromatic nitrogens is 4. The number of thioether (sulfide) groups is 1. The van der Waals surface area contributed by atoms with Crippen LogP contribution in [-0.2, 0) is 12.0 Å². The maximum Gasteiger partial charge on any atom is 0.277 e. The summed E-state index contributed by atoms with van der Waals surface area (Å²) in [6, 6.07) is 7.79. The van der Waals surface area contributed by atoms with Crippen molar-refractivity contribution in [2.24, 2.45) is 0 Å². The lowest BCUT2D eigenvalue weighted by atomic mass is 9.96. The van der Waals surface area contributed by atoms with E-state index in [1.165, 1.54) is 17.3 Å². The van der Waals surface area contributed by atoms with Crippen LogP contribution in [0.1, 0.15) is 56.1 Å². The van der Waals surface area contributed by atoms with Crippen molar-refractivity contribution >= 4 is 11.8 Å². The summed E-state index contributed by atoms with van der Waals surface area (Å²) in [7, 11) is 0. The summed E-state index contributed by atoms with van der Waals surface area (Å²) >= 11 is 1.37. The van der Waals surface area contributed by atoms with Crippen molar-refractivity contribution in [1.82, 2.24) is 20.3 Å². The standard InChI is InChI=1S/C18H22N4O3S/c1-11-6-8-13(9-7-11)23-10-14-20-21-17(24-14)26-12(2)15-19-16(22-25-15)18(3,4)5/h6-9,12H,10H2,1-5H3. The van der Waals surface area contributed by atoms with Crippen molar-refractivity contribution in [2.45, 2.75) is 57.1 Å². The highest BCUT2D eigenvalue weighted by Gasteiger charge is 2.24. The monoisotopic (exact) mass is 374 g/mol. The van der Waals surface area contributed by atoms with Crippen molar-refractivity contribution in [1.29, 1.82) is 0 Å². The number of ether oxygens (including phenoxy) is 1. The minimum absolute atomic E-state index is 0.0927. The largest absolute Gasteiger partial charge is 0.484 e. The molecular weight excluding hydrogens is 352 g/mol. The number of benzene rings is 1. The Morgan fingerprint density at radius 1 is 1.15 bits per heavy atom. The Kier molecular flexibility index (Phi) is 5.31. The van der Waals surface area contributed by atoms with Gasteiger partial charge < -0.3 is 13.7 Å². The van der Waals surface area contributed by atoms with Crippen LogP contribution in [0.15, 0.2) is 38.4 Å². The fourth-order valence-corrected chi connectivity index (χ4v) is 2.76. The summed E-state index contributed by atoms with van der Waals surface area (Å²) in [5.74, 6) is 2.39. The maximum absolute atomic E-state index is 5.64. The number of nitrogens with zero attached hydrogens (tertiary/aromatic N) is 4. The van der Waals surface area contributed by atoms with E-state index in [4.69, 9.17) is 13.7 Å². The molecule has 0 radical (unpaired) electrons. The average molecular weight is 374 g/mol. The lowest BCUT2D eigenvalue weighted by molar-refractivity contribution is 0.252. The van der Waals surface area contributed by atoms with E-state index >= 15 is 0 Å². The van der Waals surface area contributed by atoms with Gasteiger partial charge >= 0.3 is 0 Å².